The van der Waals surface area contributed by atoms with Crippen LogP contribution in [0.4, 0.5) is 4.20 Å². The summed E-state index contributed by atoms with van der Waals surface area (Å²) in [6.45, 7) is 1.21. The Bertz CT molecular complexity index is 643. The van der Waals surface area contributed by atoms with E-state index in [0.717, 1.165) is 0 Å². The molecule has 3 heterocycles. The molecule has 10 heteroatoms. The first-order valence-electron chi connectivity index (χ1n) is 5.92. The molecule has 0 spiro atoms. The largest absolute Gasteiger partial charge is 0.510 e. The number of halogens is 1. The average molecular weight is 306 g/mol. The summed E-state index contributed by atoms with van der Waals surface area (Å²) in [4.78, 5) is 23.7. The van der Waals surface area contributed by atoms with E-state index < -0.39 is 38.5 Å². The van der Waals surface area contributed by atoms with Gasteiger partial charge in [0.15, 0.2) is 0 Å². The summed E-state index contributed by atoms with van der Waals surface area (Å²) in [5, 5.41) is 0. The maximum atomic E-state index is 12.5. The Morgan fingerprint density at radius 1 is 1.70 bits per heavy atom. The van der Waals surface area contributed by atoms with Gasteiger partial charge in [0.05, 0.1) is 6.61 Å². The van der Waals surface area contributed by atoms with Crippen LogP contribution in [0, 0.1) is 6.92 Å². The van der Waals surface area contributed by atoms with Gasteiger partial charge >= 0.3 is 13.9 Å². The van der Waals surface area contributed by atoms with Crippen LogP contribution < -0.4 is 10.3 Å². The summed E-state index contributed by atoms with van der Waals surface area (Å²) in [6.07, 6.45) is 0.421. The molecule has 0 saturated carbocycles. The minimum atomic E-state index is -5.05. The predicted octanol–water partition coefficient (Wildman–Crippen LogP) is 0.687. The van der Waals surface area contributed by atoms with Gasteiger partial charge in [0, 0.05) is 18.2 Å². The van der Waals surface area contributed by atoms with Gasteiger partial charge in [-0.3, -0.25) is 18.8 Å². The van der Waals surface area contributed by atoms with E-state index >= 15 is 0 Å². The molecule has 2 aliphatic heterocycles. The Hall–Kier alpha value is -1.28. The van der Waals surface area contributed by atoms with Gasteiger partial charge in [0.2, 0.25) is 0 Å². The molecule has 1 aromatic heterocycles. The van der Waals surface area contributed by atoms with Crippen molar-refractivity contribution in [2.45, 2.75) is 31.8 Å². The molecule has 2 aliphatic rings. The van der Waals surface area contributed by atoms with E-state index in [9.17, 15) is 13.6 Å². The standard InChI is InChI=1S/C10H12FN2O6P/c1-5-3-13-8-2-6(19-10(13)12-9(5)14)7(18-8)4-17-20(11,15)16/h3,6-8H,2,4H2,1H3,(H,15,16)/t6-,7-,8-/m1/s1. The lowest BCUT2D eigenvalue weighted by molar-refractivity contribution is -0.0229. The molecule has 20 heavy (non-hydrogen) atoms. The molecular weight excluding hydrogens is 294 g/mol. The Kier molecular flexibility index (Phi) is 3.17. The number of hydrogen-bond acceptors (Lipinski definition) is 6. The van der Waals surface area contributed by atoms with Crippen molar-refractivity contribution >= 4 is 7.91 Å². The number of nitrogens with zero attached hydrogens (tertiary/aromatic N) is 2. The first-order chi connectivity index (χ1) is 9.33. The third-order valence-electron chi connectivity index (χ3n) is 3.23. The predicted molar refractivity (Wildman–Crippen MR) is 63.1 cm³/mol. The van der Waals surface area contributed by atoms with Gasteiger partial charge < -0.3 is 9.47 Å². The third kappa shape index (κ3) is 2.49. The molecule has 1 fully saturated rings. The van der Waals surface area contributed by atoms with E-state index in [2.05, 4.69) is 9.51 Å². The van der Waals surface area contributed by atoms with Gasteiger partial charge in [-0.25, -0.2) is 4.57 Å². The number of fused-ring (bicyclic) bond motifs is 4. The van der Waals surface area contributed by atoms with Crippen molar-refractivity contribution in [3.05, 3.63) is 22.1 Å². The van der Waals surface area contributed by atoms with Gasteiger partial charge in [-0.2, -0.15) is 4.98 Å². The number of aromatic nitrogens is 2. The minimum Gasteiger partial charge on any atom is -0.458 e. The molecule has 1 unspecified atom stereocenters. The topological polar surface area (TPSA) is 99.9 Å². The normalized spacial score (nSPS) is 30.4. The zero-order chi connectivity index (χ0) is 14.5. The Labute approximate surface area is 112 Å². The molecule has 0 aliphatic carbocycles. The van der Waals surface area contributed by atoms with Crippen molar-refractivity contribution < 1.29 is 27.7 Å². The van der Waals surface area contributed by atoms with Crippen LogP contribution in [0.5, 0.6) is 6.01 Å². The third-order valence-corrected chi connectivity index (χ3v) is 3.70. The van der Waals surface area contributed by atoms with Crippen molar-refractivity contribution in [3.8, 4) is 6.01 Å². The smallest absolute Gasteiger partial charge is 0.458 e. The second-order valence-corrected chi connectivity index (χ2v) is 5.85. The molecule has 1 N–H and O–H groups in total. The van der Waals surface area contributed by atoms with Crippen LogP contribution >= 0.6 is 7.91 Å². The van der Waals surface area contributed by atoms with E-state index in [4.69, 9.17) is 14.4 Å². The van der Waals surface area contributed by atoms with Crippen molar-refractivity contribution in [2.75, 3.05) is 6.61 Å². The molecular formula is C10H12FN2O6P. The number of ether oxygens (including phenoxy) is 2. The Morgan fingerprint density at radius 3 is 3.15 bits per heavy atom. The molecule has 0 radical (unpaired) electrons. The van der Waals surface area contributed by atoms with Crippen molar-refractivity contribution in [3.63, 3.8) is 0 Å². The first-order valence-corrected chi connectivity index (χ1v) is 7.39. The zero-order valence-electron chi connectivity index (χ0n) is 10.4. The van der Waals surface area contributed by atoms with Gasteiger partial charge in [-0.15, -0.1) is 4.20 Å². The number of aryl methyl sites for hydroxylation is 1. The highest BCUT2D eigenvalue weighted by molar-refractivity contribution is 7.46. The fourth-order valence-corrected chi connectivity index (χ4v) is 2.62. The maximum absolute atomic E-state index is 12.5. The highest BCUT2D eigenvalue weighted by atomic mass is 31.2. The summed E-state index contributed by atoms with van der Waals surface area (Å²) >= 11 is 0. The van der Waals surface area contributed by atoms with Crippen LogP contribution in [-0.2, 0) is 13.8 Å². The second-order valence-electron chi connectivity index (χ2n) is 4.69. The van der Waals surface area contributed by atoms with E-state index in [-0.39, 0.29) is 6.01 Å². The Balaban J connectivity index is 1.80. The molecule has 1 aromatic rings. The molecule has 8 nitrogen and oxygen atoms in total. The zero-order valence-corrected chi connectivity index (χ0v) is 11.3. The minimum absolute atomic E-state index is 0.122. The summed E-state index contributed by atoms with van der Waals surface area (Å²) in [6, 6.07) is 0.122. The van der Waals surface area contributed by atoms with Gasteiger partial charge in [-0.05, 0) is 6.92 Å². The van der Waals surface area contributed by atoms with E-state index in [0.29, 0.717) is 12.0 Å². The molecule has 2 bridgehead atoms. The molecule has 3 rings (SSSR count). The van der Waals surface area contributed by atoms with E-state index in [1.165, 1.54) is 0 Å². The fraction of sp³-hybridized carbons (Fsp3) is 0.600. The summed E-state index contributed by atoms with van der Waals surface area (Å²) in [5.41, 5.74) is 0.0525. The lowest BCUT2D eigenvalue weighted by atomic mass is 10.1. The van der Waals surface area contributed by atoms with Crippen LogP contribution in [0.25, 0.3) is 0 Å². The quantitative estimate of drug-likeness (QED) is 0.820. The lowest BCUT2D eigenvalue weighted by Crippen LogP contribution is -2.33. The van der Waals surface area contributed by atoms with Gasteiger partial charge in [0.25, 0.3) is 5.56 Å². The van der Waals surface area contributed by atoms with E-state index in [1.54, 1.807) is 17.7 Å². The number of rotatable bonds is 3. The second kappa shape index (κ2) is 4.63. The first kappa shape index (κ1) is 13.7. The number of hydrogen-bond donors (Lipinski definition) is 1. The molecule has 0 aromatic carbocycles. The van der Waals surface area contributed by atoms with Crippen LogP contribution in [0.3, 0.4) is 0 Å². The fourth-order valence-electron chi connectivity index (χ4n) is 2.29. The highest BCUT2D eigenvalue weighted by Gasteiger charge is 2.44. The van der Waals surface area contributed by atoms with Crippen molar-refractivity contribution in [1.29, 1.82) is 0 Å². The van der Waals surface area contributed by atoms with Crippen molar-refractivity contribution in [2.24, 2.45) is 0 Å². The van der Waals surface area contributed by atoms with Gasteiger partial charge in [0.1, 0.15) is 18.4 Å². The highest BCUT2D eigenvalue weighted by Crippen LogP contribution is 2.45. The maximum Gasteiger partial charge on any atom is 0.510 e. The summed E-state index contributed by atoms with van der Waals surface area (Å²) in [7, 11) is -5.05. The van der Waals surface area contributed by atoms with Crippen LogP contribution in [-0.4, -0.2) is 33.3 Å². The van der Waals surface area contributed by atoms with Crippen LogP contribution in [0.1, 0.15) is 18.2 Å². The monoisotopic (exact) mass is 306 g/mol. The SMILES string of the molecule is Cc1cn2c(nc1=O)O[C@@H]1C[C@H]2O[C@@H]1COP(=O)(O)F. The van der Waals surface area contributed by atoms with Crippen molar-refractivity contribution in [1.82, 2.24) is 9.55 Å². The molecule has 1 saturated heterocycles. The molecule has 0 amide bonds. The van der Waals surface area contributed by atoms with Crippen LogP contribution in [0.2, 0.25) is 0 Å². The Morgan fingerprint density at radius 2 is 2.45 bits per heavy atom. The summed E-state index contributed by atoms with van der Waals surface area (Å²) in [5.74, 6) is 0. The molecule has 110 valence electrons. The average Bonchev–Trinajstić information content (AvgIpc) is 2.67. The molecule has 4 atom stereocenters. The summed E-state index contributed by atoms with van der Waals surface area (Å²) < 4.78 is 39.8. The van der Waals surface area contributed by atoms with Gasteiger partial charge in [-0.1, -0.05) is 0 Å². The van der Waals surface area contributed by atoms with E-state index in [1.807, 2.05) is 0 Å². The lowest BCUT2D eigenvalue weighted by Gasteiger charge is -2.23. The van der Waals surface area contributed by atoms with Crippen LogP contribution in [0.15, 0.2) is 11.0 Å².